The summed E-state index contributed by atoms with van der Waals surface area (Å²) in [4.78, 5) is 33.5. The zero-order valence-corrected chi connectivity index (χ0v) is 28.3. The highest BCUT2D eigenvalue weighted by Crippen LogP contribution is 2.55. The van der Waals surface area contributed by atoms with E-state index in [0.717, 1.165) is 67.9 Å². The van der Waals surface area contributed by atoms with Gasteiger partial charge in [-0.3, -0.25) is 19.1 Å². The van der Waals surface area contributed by atoms with E-state index in [-0.39, 0.29) is 40.3 Å². The first-order chi connectivity index (χ1) is 21.2. The minimum absolute atomic E-state index is 0.00298. The molecule has 4 aliphatic carbocycles. The quantitative estimate of drug-likeness (QED) is 0.375. The second-order valence-corrected chi connectivity index (χ2v) is 16.8. The molecular weight excluding hydrogens is 596 g/mol. The number of rotatable bonds is 9. The molecule has 1 aromatic heterocycles. The highest BCUT2D eigenvalue weighted by atomic mass is 35.5. The lowest BCUT2D eigenvalue weighted by atomic mass is 9.70. The second kappa shape index (κ2) is 12.5. The number of likely N-dealkylation sites (N-methyl/N-ethyl adjacent to an activating group) is 1. The normalized spacial score (nSPS) is 38.2. The van der Waals surface area contributed by atoms with Gasteiger partial charge >= 0.3 is 5.97 Å². The van der Waals surface area contributed by atoms with Crippen molar-refractivity contribution in [3.8, 4) is 0 Å². The molecule has 3 saturated carbocycles. The lowest BCUT2D eigenvalue weighted by Crippen LogP contribution is -2.57. The fourth-order valence-electron chi connectivity index (χ4n) is 9.80. The smallest absolute Gasteiger partial charge is 0.308 e. The number of aromatic nitrogens is 2. The highest BCUT2D eigenvalue weighted by molar-refractivity contribution is 8.00. The Hall–Kier alpha value is -1.13. The minimum atomic E-state index is -0.695. The molecule has 0 spiro atoms. The molecule has 8 nitrogen and oxygen atoms in total. The van der Waals surface area contributed by atoms with Gasteiger partial charge in [0.1, 0.15) is 5.82 Å². The molecule has 9 atom stereocenters. The van der Waals surface area contributed by atoms with E-state index in [4.69, 9.17) is 21.3 Å². The number of hydrogen-bond donors (Lipinski definition) is 2. The van der Waals surface area contributed by atoms with E-state index in [1.807, 2.05) is 23.3 Å². The van der Waals surface area contributed by atoms with E-state index in [0.29, 0.717) is 42.3 Å². The van der Waals surface area contributed by atoms with Crippen molar-refractivity contribution in [2.24, 2.45) is 23.7 Å². The molecule has 10 heteroatoms. The van der Waals surface area contributed by atoms with Crippen LogP contribution in [0.25, 0.3) is 0 Å². The van der Waals surface area contributed by atoms with E-state index in [1.54, 1.807) is 0 Å². The first-order valence-electron chi connectivity index (χ1n) is 17.3. The number of aryl methyl sites for hydroxylation is 2. The molecule has 2 N–H and O–H groups in total. The van der Waals surface area contributed by atoms with Gasteiger partial charge in [0.25, 0.3) is 5.56 Å². The molecule has 0 amide bonds. The van der Waals surface area contributed by atoms with Crippen LogP contribution in [-0.4, -0.2) is 85.3 Å². The van der Waals surface area contributed by atoms with Crippen molar-refractivity contribution in [2.45, 2.75) is 138 Å². The minimum Gasteiger partial charge on any atom is -0.481 e. The van der Waals surface area contributed by atoms with Crippen LogP contribution in [0.3, 0.4) is 0 Å². The third kappa shape index (κ3) is 5.69. The number of carboxylic acid groups (broad SMARTS) is 1. The molecule has 244 valence electrons. The Bertz CT molecular complexity index is 1300. The molecule has 1 aromatic rings. The summed E-state index contributed by atoms with van der Waals surface area (Å²) in [5, 5.41) is 13.9. The van der Waals surface area contributed by atoms with Gasteiger partial charge in [0.05, 0.1) is 30.9 Å². The number of alkyl halides is 1. The number of thioether (sulfide) groups is 1. The molecule has 3 heterocycles. The number of carbonyl (C=O) groups is 1. The number of hydrogen-bond acceptors (Lipinski definition) is 7. The summed E-state index contributed by atoms with van der Waals surface area (Å²) in [7, 11) is 2.32. The Morgan fingerprint density at radius 2 is 2.00 bits per heavy atom. The van der Waals surface area contributed by atoms with Gasteiger partial charge in [-0.15, -0.1) is 11.6 Å². The lowest BCUT2D eigenvalue weighted by molar-refractivity contribution is -0.142. The number of aliphatic carboxylic acids is 1. The van der Waals surface area contributed by atoms with Gasteiger partial charge in [0.15, 0.2) is 0 Å². The van der Waals surface area contributed by atoms with Crippen LogP contribution in [0.5, 0.6) is 0 Å². The molecular formula is C34H51ClN4O4S. The van der Waals surface area contributed by atoms with Crippen LogP contribution in [0.4, 0.5) is 0 Å². The zero-order chi connectivity index (χ0) is 30.7. The maximum atomic E-state index is 13.9. The Balaban J connectivity index is 1.03. The summed E-state index contributed by atoms with van der Waals surface area (Å²) in [6.45, 7) is 5.13. The van der Waals surface area contributed by atoms with Crippen molar-refractivity contribution in [1.29, 1.82) is 0 Å². The van der Waals surface area contributed by atoms with E-state index < -0.39 is 5.97 Å². The number of nitrogens with one attached hydrogen (secondary N) is 1. The molecule has 2 aliphatic heterocycles. The Morgan fingerprint density at radius 1 is 1.20 bits per heavy atom. The molecule has 5 fully saturated rings. The molecule has 0 bridgehead atoms. The Labute approximate surface area is 271 Å². The van der Waals surface area contributed by atoms with Crippen molar-refractivity contribution < 1.29 is 14.6 Å². The van der Waals surface area contributed by atoms with Crippen molar-refractivity contribution in [2.75, 3.05) is 19.4 Å². The third-order valence-electron chi connectivity index (χ3n) is 12.6. The largest absolute Gasteiger partial charge is 0.481 e. The fourth-order valence-corrected chi connectivity index (χ4v) is 11.9. The van der Waals surface area contributed by atoms with Crippen molar-refractivity contribution in [3.05, 3.63) is 27.4 Å². The van der Waals surface area contributed by atoms with Crippen molar-refractivity contribution in [3.63, 3.8) is 0 Å². The average molecular weight is 647 g/mol. The third-order valence-corrected chi connectivity index (χ3v) is 14.6. The van der Waals surface area contributed by atoms with E-state index in [2.05, 4.69) is 24.2 Å². The van der Waals surface area contributed by atoms with Crippen LogP contribution in [-0.2, 0) is 28.9 Å². The number of carboxylic acids is 1. The molecule has 2 saturated heterocycles. The predicted octanol–water partition coefficient (Wildman–Crippen LogP) is 4.65. The Kier molecular flexibility index (Phi) is 8.92. The second-order valence-electron chi connectivity index (χ2n) is 15.0. The molecule has 8 unspecified atom stereocenters. The van der Waals surface area contributed by atoms with Gasteiger partial charge in [-0.1, -0.05) is 6.42 Å². The number of halogens is 1. The van der Waals surface area contributed by atoms with Crippen molar-refractivity contribution in [1.82, 2.24) is 19.8 Å². The molecule has 0 radical (unpaired) electrons. The van der Waals surface area contributed by atoms with Gasteiger partial charge in [0, 0.05) is 45.6 Å². The van der Waals surface area contributed by atoms with Gasteiger partial charge in [0.2, 0.25) is 0 Å². The Morgan fingerprint density at radius 3 is 2.70 bits per heavy atom. The summed E-state index contributed by atoms with van der Waals surface area (Å²) < 4.78 is 8.53. The summed E-state index contributed by atoms with van der Waals surface area (Å²) in [5.41, 5.74) is 2.44. The summed E-state index contributed by atoms with van der Waals surface area (Å²) in [5.74, 6) is 1.93. The number of ether oxygens (including phenoxy) is 1. The van der Waals surface area contributed by atoms with Gasteiger partial charge < -0.3 is 15.2 Å². The van der Waals surface area contributed by atoms with Gasteiger partial charge in [-0.25, -0.2) is 4.98 Å². The maximum Gasteiger partial charge on any atom is 0.308 e. The monoisotopic (exact) mass is 646 g/mol. The molecule has 7 rings (SSSR count). The van der Waals surface area contributed by atoms with E-state index >= 15 is 0 Å². The lowest BCUT2D eigenvalue weighted by Gasteiger charge is -2.47. The average Bonchev–Trinajstić information content (AvgIpc) is 3.63. The molecule has 0 aromatic carbocycles. The highest BCUT2D eigenvalue weighted by Gasteiger charge is 2.55. The summed E-state index contributed by atoms with van der Waals surface area (Å²) >= 11 is 8.58. The zero-order valence-electron chi connectivity index (χ0n) is 26.7. The van der Waals surface area contributed by atoms with Crippen LogP contribution < -0.4 is 10.9 Å². The van der Waals surface area contributed by atoms with Gasteiger partial charge in [-0.2, -0.15) is 11.8 Å². The number of nitrogens with zero attached hydrogens (tertiary/aromatic N) is 3. The summed E-state index contributed by atoms with van der Waals surface area (Å²) in [6.07, 6.45) is 13.4. The summed E-state index contributed by atoms with van der Waals surface area (Å²) in [6, 6.07) is 0.688. The van der Waals surface area contributed by atoms with Crippen LogP contribution in [0, 0.1) is 30.6 Å². The van der Waals surface area contributed by atoms with Crippen LogP contribution >= 0.6 is 23.4 Å². The first-order valence-corrected chi connectivity index (χ1v) is 18.8. The van der Waals surface area contributed by atoms with Gasteiger partial charge in [-0.05, 0) is 109 Å². The number of piperidine rings is 1. The van der Waals surface area contributed by atoms with E-state index in [9.17, 15) is 14.7 Å². The van der Waals surface area contributed by atoms with E-state index in [1.165, 1.54) is 32.1 Å². The first kappa shape index (κ1) is 31.5. The fraction of sp³-hybridized carbons (Fsp3) is 0.853. The van der Waals surface area contributed by atoms with Crippen LogP contribution in [0.15, 0.2) is 4.79 Å². The topological polar surface area (TPSA) is 96.7 Å². The van der Waals surface area contributed by atoms with Crippen LogP contribution in [0.2, 0.25) is 0 Å². The number of fused-ring (bicyclic) bond motifs is 2. The van der Waals surface area contributed by atoms with Crippen molar-refractivity contribution >= 4 is 29.3 Å². The predicted molar refractivity (Wildman–Crippen MR) is 175 cm³/mol. The maximum absolute atomic E-state index is 13.9. The molecule has 44 heavy (non-hydrogen) atoms. The van der Waals surface area contributed by atoms with Crippen LogP contribution in [0.1, 0.15) is 88.2 Å². The standard InChI is InChI=1S/C34H51ClN4O4S/c1-19-15-25(31-30(36-19)27(18-44-31)33(41)42)24-16-22(35)7-10-29(24)43-14-13-39-20(2)37-28-9-8-23(17-26(28)32(39)40)38(3)34(11-12-34)21-5-4-6-21/h19,21-25,27,29-31,36H,4-18H2,1-3H3,(H,41,42)/t19?,22?,23-,24?,25?,27?,29?,30?,31?/m1/s1. The molecule has 6 aliphatic rings. The SMILES string of the molecule is Cc1nc2c(c(=O)n1CCOC1CCC(Cl)CC1C1CC(C)NC3C(C(=O)O)CSC13)C[C@H](N(C)C1(C3CCC3)CC1)CC2.